The van der Waals surface area contributed by atoms with Crippen molar-refractivity contribution in [2.24, 2.45) is 0 Å². The molecule has 44 heavy (non-hydrogen) atoms. The molecule has 0 unspecified atom stereocenters. The molecular weight excluding hydrogens is 634 g/mol. The number of carbonyl (C=O) groups excluding carboxylic acids is 1. The van der Waals surface area contributed by atoms with E-state index in [0.717, 1.165) is 24.0 Å². The second kappa shape index (κ2) is 13.1. The summed E-state index contributed by atoms with van der Waals surface area (Å²) in [6, 6.07) is 25.5. The molecule has 0 aliphatic carbocycles. The molecule has 0 bridgehead atoms. The van der Waals surface area contributed by atoms with Crippen molar-refractivity contribution in [3.8, 4) is 0 Å². The van der Waals surface area contributed by atoms with Crippen molar-refractivity contribution in [1.29, 1.82) is 0 Å². The monoisotopic (exact) mass is 677 g/mol. The number of fused-ring (bicyclic) bond motifs is 1. The number of ether oxygens (including phenoxy) is 1. The molecule has 0 N–H and O–H groups in total. The molecule has 5 rings (SSSR count). The van der Waals surface area contributed by atoms with Crippen LogP contribution in [0.4, 0.5) is 10.6 Å². The summed E-state index contributed by atoms with van der Waals surface area (Å²) in [6.07, 6.45) is 3.43. The molecule has 1 aliphatic rings. The fraction of sp³-hybridized carbons (Fsp3) is 0.441. The molecule has 10 heteroatoms. The van der Waals surface area contributed by atoms with Crippen molar-refractivity contribution < 1.29 is 14.0 Å². The molecule has 2 aromatic carbocycles. The minimum Gasteiger partial charge on any atom is -0.443 e. The number of imidazole rings is 1. The van der Waals surface area contributed by atoms with Gasteiger partial charge in [0.15, 0.2) is 11.5 Å². The predicted molar refractivity (Wildman–Crippen MR) is 182 cm³/mol. The number of halogens is 1. The highest BCUT2D eigenvalue weighted by Gasteiger charge is 2.50. The molecule has 3 heterocycles. The summed E-state index contributed by atoms with van der Waals surface area (Å²) in [4.78, 5) is 21.9. The van der Waals surface area contributed by atoms with Gasteiger partial charge in [0.25, 0.3) is 8.32 Å². The van der Waals surface area contributed by atoms with E-state index >= 15 is 0 Å². The summed E-state index contributed by atoms with van der Waals surface area (Å²) in [5.41, 5.74) is 0.0688. The van der Waals surface area contributed by atoms with Crippen LogP contribution >= 0.6 is 15.9 Å². The zero-order chi connectivity index (χ0) is 31.5. The minimum absolute atomic E-state index is 0.0848. The molecule has 1 saturated heterocycles. The zero-order valence-corrected chi connectivity index (χ0v) is 29.3. The van der Waals surface area contributed by atoms with Crippen molar-refractivity contribution >= 4 is 52.2 Å². The van der Waals surface area contributed by atoms with Crippen molar-refractivity contribution in [2.45, 2.75) is 71.1 Å². The maximum Gasteiger partial charge on any atom is 0.416 e. The fourth-order valence-electron chi connectivity index (χ4n) is 6.19. The molecule has 1 amide bonds. The van der Waals surface area contributed by atoms with E-state index in [2.05, 4.69) is 107 Å². The maximum atomic E-state index is 13.5. The minimum atomic E-state index is -2.65. The zero-order valence-electron chi connectivity index (χ0n) is 26.7. The van der Waals surface area contributed by atoms with E-state index in [1.807, 2.05) is 32.9 Å². The van der Waals surface area contributed by atoms with Crippen LogP contribution < -0.4 is 15.3 Å². The van der Waals surface area contributed by atoms with Gasteiger partial charge in [-0.3, -0.25) is 9.80 Å². The first-order valence-electron chi connectivity index (χ1n) is 15.4. The van der Waals surface area contributed by atoms with Crippen LogP contribution in [0.1, 0.15) is 54.4 Å². The van der Waals surface area contributed by atoms with Crippen molar-refractivity contribution in [1.82, 2.24) is 19.5 Å². The van der Waals surface area contributed by atoms with Crippen LogP contribution in [0.3, 0.4) is 0 Å². The highest BCUT2D eigenvalue weighted by molar-refractivity contribution is 9.10. The normalized spacial score (nSPS) is 16.4. The van der Waals surface area contributed by atoms with Crippen LogP contribution in [0.5, 0.6) is 0 Å². The van der Waals surface area contributed by atoms with E-state index in [9.17, 15) is 4.79 Å². The molecule has 0 radical (unpaired) electrons. The van der Waals surface area contributed by atoms with Gasteiger partial charge in [-0.25, -0.2) is 14.3 Å². The van der Waals surface area contributed by atoms with Crippen LogP contribution in [0.15, 0.2) is 83.6 Å². The van der Waals surface area contributed by atoms with Gasteiger partial charge >= 0.3 is 6.09 Å². The first-order valence-corrected chi connectivity index (χ1v) is 18.1. The van der Waals surface area contributed by atoms with Crippen molar-refractivity contribution in [2.75, 3.05) is 31.1 Å². The van der Waals surface area contributed by atoms with Gasteiger partial charge in [-0.1, -0.05) is 81.4 Å². The molecule has 1 aliphatic heterocycles. The number of rotatable bonds is 9. The van der Waals surface area contributed by atoms with E-state index in [-0.39, 0.29) is 11.1 Å². The quantitative estimate of drug-likeness (QED) is 0.194. The lowest BCUT2D eigenvalue weighted by molar-refractivity contribution is 0.0572. The smallest absolute Gasteiger partial charge is 0.416 e. The third-order valence-electron chi connectivity index (χ3n) is 8.22. The summed E-state index contributed by atoms with van der Waals surface area (Å²) in [5, 5.41) is 7.19. The Morgan fingerprint density at radius 3 is 2.20 bits per heavy atom. The van der Waals surface area contributed by atoms with Crippen LogP contribution in [0.25, 0.3) is 5.65 Å². The Morgan fingerprint density at radius 2 is 1.61 bits per heavy atom. The molecule has 2 aromatic heterocycles. The first kappa shape index (κ1) is 32.3. The number of likely N-dealkylation sites (tertiary alicyclic amines) is 1. The van der Waals surface area contributed by atoms with Crippen LogP contribution in [-0.4, -0.2) is 71.8 Å². The summed E-state index contributed by atoms with van der Waals surface area (Å²) >= 11 is 3.50. The molecule has 1 fully saturated rings. The Morgan fingerprint density at radius 1 is 0.977 bits per heavy atom. The Bertz CT molecular complexity index is 1510. The summed E-state index contributed by atoms with van der Waals surface area (Å²) < 4.78 is 15.5. The van der Waals surface area contributed by atoms with Gasteiger partial charge in [-0.2, -0.15) is 0 Å². The number of hydrogen-bond donors (Lipinski definition) is 0. The van der Waals surface area contributed by atoms with Gasteiger partial charge in [0.05, 0.1) is 12.8 Å². The number of benzene rings is 2. The van der Waals surface area contributed by atoms with Gasteiger partial charge in [0, 0.05) is 19.1 Å². The molecular formula is C34H44BrN5O3Si. The molecule has 234 valence electrons. The van der Waals surface area contributed by atoms with Crippen LogP contribution in [0.2, 0.25) is 5.04 Å². The maximum absolute atomic E-state index is 13.5. The summed E-state index contributed by atoms with van der Waals surface area (Å²) in [7, 11) is -2.65. The second-order valence-corrected chi connectivity index (χ2v) is 18.6. The molecule has 0 saturated carbocycles. The fourth-order valence-corrected chi connectivity index (χ4v) is 11.1. The standard InChI is InChI=1S/C34H44BrN5O3Si/c1-33(2,3)43-32(41)39(31-20-19-30-36-24-29(35)40(30)37-31)23-22-38-21-13-14-26(38)25-42-44(34(4,5)6,27-15-9-7-10-16-27)28-17-11-8-12-18-28/h7-12,15-20,24,26H,13-14,21-23,25H2,1-6H3/t26-/m0/s1. The number of carbonyl (C=O) groups is 1. The van der Waals surface area contributed by atoms with E-state index < -0.39 is 20.0 Å². The third kappa shape index (κ3) is 6.93. The summed E-state index contributed by atoms with van der Waals surface area (Å²) in [6.45, 7) is 15.3. The highest BCUT2D eigenvalue weighted by Crippen LogP contribution is 2.37. The Balaban J connectivity index is 1.38. The number of aromatic nitrogens is 3. The van der Waals surface area contributed by atoms with Crippen molar-refractivity contribution in [3.63, 3.8) is 0 Å². The molecule has 0 spiro atoms. The summed E-state index contributed by atoms with van der Waals surface area (Å²) in [5.74, 6) is 0.518. The topological polar surface area (TPSA) is 72.2 Å². The number of hydrogen-bond acceptors (Lipinski definition) is 6. The highest BCUT2D eigenvalue weighted by atomic mass is 79.9. The Labute approximate surface area is 270 Å². The van der Waals surface area contributed by atoms with Crippen LogP contribution in [0, 0.1) is 0 Å². The van der Waals surface area contributed by atoms with Crippen LogP contribution in [-0.2, 0) is 9.16 Å². The lowest BCUT2D eigenvalue weighted by atomic mass is 10.2. The van der Waals surface area contributed by atoms with E-state index in [1.54, 1.807) is 15.6 Å². The average molecular weight is 679 g/mol. The number of amides is 1. The predicted octanol–water partition coefficient (Wildman–Crippen LogP) is 6.27. The Hall–Kier alpha value is -3.05. The van der Waals surface area contributed by atoms with Gasteiger partial charge in [0.1, 0.15) is 10.2 Å². The second-order valence-electron chi connectivity index (χ2n) is 13.5. The van der Waals surface area contributed by atoms with Gasteiger partial charge < -0.3 is 9.16 Å². The van der Waals surface area contributed by atoms with Crippen molar-refractivity contribution in [3.05, 3.63) is 83.6 Å². The number of anilines is 1. The molecule has 1 atom stereocenters. The first-order chi connectivity index (χ1) is 20.9. The van der Waals surface area contributed by atoms with E-state index in [0.29, 0.717) is 31.2 Å². The lowest BCUT2D eigenvalue weighted by Crippen LogP contribution is -2.67. The largest absolute Gasteiger partial charge is 0.443 e. The van der Waals surface area contributed by atoms with E-state index in [4.69, 9.17) is 14.3 Å². The lowest BCUT2D eigenvalue weighted by Gasteiger charge is -2.44. The number of nitrogens with zero attached hydrogens (tertiary/aromatic N) is 5. The Kier molecular flexibility index (Phi) is 9.65. The van der Waals surface area contributed by atoms with Gasteiger partial charge in [0.2, 0.25) is 0 Å². The van der Waals surface area contributed by atoms with E-state index in [1.165, 1.54) is 10.4 Å². The third-order valence-corrected chi connectivity index (χ3v) is 13.8. The molecule has 4 aromatic rings. The van der Waals surface area contributed by atoms with Gasteiger partial charge in [-0.05, 0) is 83.6 Å². The molecule has 8 nitrogen and oxygen atoms in total. The average Bonchev–Trinajstić information content (AvgIpc) is 3.59. The van der Waals surface area contributed by atoms with Gasteiger partial charge in [-0.15, -0.1) is 5.10 Å². The SMILES string of the molecule is CC(C)(C)OC(=O)N(CCN1CCC[C@H]1CO[Si](c1ccccc1)(c1ccccc1)C(C)(C)C)c1ccc2ncc(Br)n2n1.